The first-order valence-corrected chi connectivity index (χ1v) is 8.77. The molecule has 5 nitrogen and oxygen atoms in total. The summed E-state index contributed by atoms with van der Waals surface area (Å²) in [7, 11) is 1.65. The van der Waals surface area contributed by atoms with E-state index in [0.717, 1.165) is 16.0 Å². The van der Waals surface area contributed by atoms with Crippen molar-refractivity contribution >= 4 is 17.7 Å². The number of aryl methyl sites for hydroxylation is 1. The molecule has 0 spiro atoms. The Morgan fingerprint density at radius 2 is 1.70 bits per heavy atom. The molecular weight excluding hydrogens is 347 g/mol. The smallest absolute Gasteiger partial charge is 0.261 e. The molecule has 0 aliphatic carbocycles. The number of carbonyl (C=O) groups is 3. The molecule has 0 N–H and O–H groups in total. The average Bonchev–Trinajstić information content (AvgIpc) is 2.89. The molecule has 1 aliphatic rings. The molecule has 3 amide bonds. The highest BCUT2D eigenvalue weighted by molar-refractivity contribution is 6.21. The van der Waals surface area contributed by atoms with Crippen LogP contribution in [0.5, 0.6) is 0 Å². The molecule has 0 bridgehead atoms. The lowest BCUT2D eigenvalue weighted by atomic mass is 10.1. The molecular formula is C21H21FN2O3. The van der Waals surface area contributed by atoms with E-state index < -0.39 is 0 Å². The number of nitrogens with zero attached hydrogens (tertiary/aromatic N) is 2. The van der Waals surface area contributed by atoms with Crippen LogP contribution in [0.2, 0.25) is 0 Å². The number of benzene rings is 2. The largest absolute Gasteiger partial charge is 0.339 e. The number of amides is 3. The minimum Gasteiger partial charge on any atom is -0.339 e. The molecule has 2 aromatic rings. The topological polar surface area (TPSA) is 57.7 Å². The molecule has 0 radical (unpaired) electrons. The summed E-state index contributed by atoms with van der Waals surface area (Å²) in [4.78, 5) is 40.1. The fraction of sp³-hybridized carbons (Fsp3) is 0.286. The molecule has 0 saturated heterocycles. The summed E-state index contributed by atoms with van der Waals surface area (Å²) in [5.41, 5.74) is 2.48. The monoisotopic (exact) mass is 368 g/mol. The molecule has 1 unspecified atom stereocenters. The second-order valence-corrected chi connectivity index (χ2v) is 6.79. The van der Waals surface area contributed by atoms with Gasteiger partial charge in [-0.3, -0.25) is 19.3 Å². The predicted molar refractivity (Wildman–Crippen MR) is 98.7 cm³/mol. The van der Waals surface area contributed by atoms with Crippen LogP contribution in [0.4, 0.5) is 4.39 Å². The zero-order valence-electron chi connectivity index (χ0n) is 15.5. The Kier molecular flexibility index (Phi) is 5.08. The standard InChI is InChI=1S/C21H21FN2O3/c1-13-4-9-17-18(12-13)21(27)24(20(17)26)11-10-19(25)23(3)14(2)15-5-7-16(22)8-6-15/h4-9,12,14H,10-11H2,1-3H3. The number of carbonyl (C=O) groups excluding carboxylic acids is 3. The number of hydrogen-bond acceptors (Lipinski definition) is 3. The van der Waals surface area contributed by atoms with Crippen LogP contribution in [0, 0.1) is 12.7 Å². The van der Waals surface area contributed by atoms with Crippen molar-refractivity contribution in [1.29, 1.82) is 0 Å². The second kappa shape index (κ2) is 7.31. The Morgan fingerprint density at radius 1 is 1.07 bits per heavy atom. The Labute approximate surface area is 157 Å². The van der Waals surface area contributed by atoms with E-state index in [1.165, 1.54) is 17.0 Å². The first kappa shape index (κ1) is 18.8. The van der Waals surface area contributed by atoms with Crippen LogP contribution < -0.4 is 0 Å². The molecule has 0 fully saturated rings. The van der Waals surface area contributed by atoms with Crippen molar-refractivity contribution in [2.75, 3.05) is 13.6 Å². The van der Waals surface area contributed by atoms with Crippen LogP contribution >= 0.6 is 0 Å². The lowest BCUT2D eigenvalue weighted by Gasteiger charge is -2.26. The number of rotatable bonds is 5. The van der Waals surface area contributed by atoms with Gasteiger partial charge in [-0.2, -0.15) is 0 Å². The number of halogens is 1. The zero-order chi connectivity index (χ0) is 19.7. The molecule has 0 saturated carbocycles. The summed E-state index contributed by atoms with van der Waals surface area (Å²) in [5.74, 6) is -1.25. The van der Waals surface area contributed by atoms with Crippen molar-refractivity contribution in [3.05, 3.63) is 70.5 Å². The van der Waals surface area contributed by atoms with E-state index in [0.29, 0.717) is 11.1 Å². The normalized spacial score (nSPS) is 14.3. The summed E-state index contributed by atoms with van der Waals surface area (Å²) in [6, 6.07) is 10.9. The summed E-state index contributed by atoms with van der Waals surface area (Å²) < 4.78 is 13.1. The third-order valence-electron chi connectivity index (χ3n) is 5.00. The molecule has 1 atom stereocenters. The Hall–Kier alpha value is -3.02. The van der Waals surface area contributed by atoms with Crippen LogP contribution in [0.1, 0.15) is 51.2 Å². The van der Waals surface area contributed by atoms with Gasteiger partial charge in [-0.05, 0) is 43.7 Å². The van der Waals surface area contributed by atoms with Crippen molar-refractivity contribution in [2.24, 2.45) is 0 Å². The van der Waals surface area contributed by atoms with Crippen LogP contribution in [0.15, 0.2) is 42.5 Å². The third-order valence-corrected chi connectivity index (χ3v) is 5.00. The highest BCUT2D eigenvalue weighted by atomic mass is 19.1. The van der Waals surface area contributed by atoms with Gasteiger partial charge in [0.15, 0.2) is 0 Å². The van der Waals surface area contributed by atoms with Gasteiger partial charge in [0, 0.05) is 20.0 Å². The quantitative estimate of drug-likeness (QED) is 0.761. The van der Waals surface area contributed by atoms with E-state index in [4.69, 9.17) is 0 Å². The van der Waals surface area contributed by atoms with Gasteiger partial charge in [0.2, 0.25) is 5.91 Å². The molecule has 27 heavy (non-hydrogen) atoms. The van der Waals surface area contributed by atoms with Crippen LogP contribution in [-0.4, -0.2) is 41.1 Å². The van der Waals surface area contributed by atoms with Crippen LogP contribution in [0.25, 0.3) is 0 Å². The molecule has 6 heteroatoms. The fourth-order valence-corrected chi connectivity index (χ4v) is 3.17. The first-order valence-electron chi connectivity index (χ1n) is 8.77. The van der Waals surface area contributed by atoms with Gasteiger partial charge in [0.25, 0.3) is 11.8 Å². The van der Waals surface area contributed by atoms with Gasteiger partial charge >= 0.3 is 0 Å². The summed E-state index contributed by atoms with van der Waals surface area (Å²) >= 11 is 0. The Bertz CT molecular complexity index is 908. The maximum absolute atomic E-state index is 13.1. The maximum Gasteiger partial charge on any atom is 0.261 e. The van der Waals surface area contributed by atoms with E-state index in [1.54, 1.807) is 37.4 Å². The number of imide groups is 1. The minimum absolute atomic E-state index is 0.0324. The fourth-order valence-electron chi connectivity index (χ4n) is 3.17. The van der Waals surface area contributed by atoms with Crippen LogP contribution in [0.3, 0.4) is 0 Å². The van der Waals surface area contributed by atoms with E-state index >= 15 is 0 Å². The zero-order valence-corrected chi connectivity index (χ0v) is 15.5. The highest BCUT2D eigenvalue weighted by Crippen LogP contribution is 2.25. The Morgan fingerprint density at radius 3 is 2.37 bits per heavy atom. The van der Waals surface area contributed by atoms with Crippen molar-refractivity contribution < 1.29 is 18.8 Å². The van der Waals surface area contributed by atoms with Gasteiger partial charge in [-0.25, -0.2) is 4.39 Å². The van der Waals surface area contributed by atoms with Gasteiger partial charge in [0.05, 0.1) is 17.2 Å². The Balaban J connectivity index is 1.64. The van der Waals surface area contributed by atoms with Gasteiger partial charge in [0.1, 0.15) is 5.82 Å². The first-order chi connectivity index (χ1) is 12.8. The van der Waals surface area contributed by atoms with E-state index in [1.807, 2.05) is 13.8 Å². The molecule has 3 rings (SSSR count). The lowest BCUT2D eigenvalue weighted by Crippen LogP contribution is -2.36. The van der Waals surface area contributed by atoms with Crippen molar-refractivity contribution in [3.8, 4) is 0 Å². The number of hydrogen-bond donors (Lipinski definition) is 0. The van der Waals surface area contributed by atoms with Crippen LogP contribution in [-0.2, 0) is 4.79 Å². The highest BCUT2D eigenvalue weighted by Gasteiger charge is 2.35. The van der Waals surface area contributed by atoms with E-state index in [-0.39, 0.29) is 42.5 Å². The van der Waals surface area contributed by atoms with E-state index in [9.17, 15) is 18.8 Å². The SMILES string of the molecule is Cc1ccc2c(c1)C(=O)N(CCC(=O)N(C)C(C)c1ccc(F)cc1)C2=O. The van der Waals surface area contributed by atoms with Gasteiger partial charge in [-0.1, -0.05) is 23.8 Å². The predicted octanol–water partition coefficient (Wildman–Crippen LogP) is 3.34. The molecule has 140 valence electrons. The molecule has 1 heterocycles. The van der Waals surface area contributed by atoms with Gasteiger partial charge < -0.3 is 4.90 Å². The maximum atomic E-state index is 13.1. The lowest BCUT2D eigenvalue weighted by molar-refractivity contribution is -0.131. The summed E-state index contributed by atoms with van der Waals surface area (Å²) in [6.07, 6.45) is 0.0342. The van der Waals surface area contributed by atoms with Crippen molar-refractivity contribution in [3.63, 3.8) is 0 Å². The van der Waals surface area contributed by atoms with E-state index in [2.05, 4.69) is 0 Å². The van der Waals surface area contributed by atoms with Crippen molar-refractivity contribution in [1.82, 2.24) is 9.80 Å². The third kappa shape index (κ3) is 3.60. The minimum atomic E-state index is -0.364. The van der Waals surface area contributed by atoms with Crippen molar-refractivity contribution in [2.45, 2.75) is 26.3 Å². The summed E-state index contributed by atoms with van der Waals surface area (Å²) in [6.45, 7) is 3.73. The summed E-state index contributed by atoms with van der Waals surface area (Å²) in [5, 5.41) is 0. The molecule has 2 aromatic carbocycles. The average molecular weight is 368 g/mol. The number of fused-ring (bicyclic) bond motifs is 1. The second-order valence-electron chi connectivity index (χ2n) is 6.79. The molecule has 0 aromatic heterocycles. The molecule has 1 aliphatic heterocycles. The van der Waals surface area contributed by atoms with Gasteiger partial charge in [-0.15, -0.1) is 0 Å².